The Hall–Kier alpha value is -2.45. The fourth-order valence-corrected chi connectivity index (χ4v) is 2.11. The lowest BCUT2D eigenvalue weighted by molar-refractivity contribution is 0.0944. The van der Waals surface area contributed by atoms with Crippen molar-refractivity contribution >= 4 is 34.0 Å². The molecule has 0 unspecified atom stereocenters. The molecular weight excluding hydrogens is 292 g/mol. The quantitative estimate of drug-likeness (QED) is 0.648. The van der Waals surface area contributed by atoms with Gasteiger partial charge in [0, 0.05) is 23.2 Å². The molecule has 0 aliphatic carbocycles. The van der Waals surface area contributed by atoms with Crippen LogP contribution in [0, 0.1) is 0 Å². The van der Waals surface area contributed by atoms with Gasteiger partial charge in [-0.1, -0.05) is 0 Å². The largest absolute Gasteiger partial charge is 0.395 e. The van der Waals surface area contributed by atoms with E-state index in [9.17, 15) is 9.59 Å². The normalized spacial score (nSPS) is 10.1. The number of aliphatic hydroxyl groups is 1. The van der Waals surface area contributed by atoms with Gasteiger partial charge in [0.05, 0.1) is 6.61 Å². The number of amides is 2. The third-order valence-electron chi connectivity index (χ3n) is 2.56. The zero-order chi connectivity index (χ0) is 15.2. The van der Waals surface area contributed by atoms with Crippen molar-refractivity contribution in [2.45, 2.75) is 0 Å². The molecule has 0 bridgehead atoms. The van der Waals surface area contributed by atoms with Crippen LogP contribution in [-0.2, 0) is 0 Å². The SMILES string of the molecule is Nc1nc(C(=O)Nc2ccc(C(=O)NCCO)cc2)cs1. The summed E-state index contributed by atoms with van der Waals surface area (Å²) in [7, 11) is 0. The summed E-state index contributed by atoms with van der Waals surface area (Å²) in [6.45, 7) is 0.0826. The topological polar surface area (TPSA) is 117 Å². The van der Waals surface area contributed by atoms with Gasteiger partial charge >= 0.3 is 0 Å². The van der Waals surface area contributed by atoms with Gasteiger partial charge in [-0.25, -0.2) is 4.98 Å². The van der Waals surface area contributed by atoms with E-state index in [0.717, 1.165) is 0 Å². The lowest BCUT2D eigenvalue weighted by Crippen LogP contribution is -2.26. The second-order valence-corrected chi connectivity index (χ2v) is 4.97. The summed E-state index contributed by atoms with van der Waals surface area (Å²) < 4.78 is 0. The molecule has 110 valence electrons. The van der Waals surface area contributed by atoms with Crippen molar-refractivity contribution in [3.63, 3.8) is 0 Å². The van der Waals surface area contributed by atoms with Gasteiger partial charge in [-0.3, -0.25) is 9.59 Å². The summed E-state index contributed by atoms with van der Waals surface area (Å²) >= 11 is 1.19. The first-order chi connectivity index (χ1) is 10.1. The number of rotatable bonds is 5. The highest BCUT2D eigenvalue weighted by molar-refractivity contribution is 7.13. The number of nitrogen functional groups attached to an aromatic ring is 1. The van der Waals surface area contributed by atoms with E-state index in [2.05, 4.69) is 15.6 Å². The number of carbonyl (C=O) groups excluding carboxylic acids is 2. The molecular formula is C13H14N4O3S. The minimum absolute atomic E-state index is 0.114. The summed E-state index contributed by atoms with van der Waals surface area (Å²) in [5, 5.41) is 15.7. The van der Waals surface area contributed by atoms with E-state index < -0.39 is 0 Å². The third-order valence-corrected chi connectivity index (χ3v) is 3.23. The van der Waals surface area contributed by atoms with Crippen LogP contribution >= 0.6 is 11.3 Å². The second kappa shape index (κ2) is 6.82. The van der Waals surface area contributed by atoms with Crippen LogP contribution in [0.15, 0.2) is 29.6 Å². The van der Waals surface area contributed by atoms with E-state index in [0.29, 0.717) is 16.4 Å². The van der Waals surface area contributed by atoms with Crippen molar-refractivity contribution in [1.29, 1.82) is 0 Å². The predicted octanol–water partition coefficient (Wildman–Crippen LogP) is 0.700. The highest BCUT2D eigenvalue weighted by atomic mass is 32.1. The molecule has 0 radical (unpaired) electrons. The summed E-state index contributed by atoms with van der Waals surface area (Å²) in [4.78, 5) is 27.4. The average molecular weight is 306 g/mol. The van der Waals surface area contributed by atoms with E-state index >= 15 is 0 Å². The highest BCUT2D eigenvalue weighted by Crippen LogP contribution is 2.14. The maximum Gasteiger partial charge on any atom is 0.275 e. The number of nitrogens with two attached hydrogens (primary N) is 1. The van der Waals surface area contributed by atoms with Crippen LogP contribution in [0.5, 0.6) is 0 Å². The summed E-state index contributed by atoms with van der Waals surface area (Å²) in [6, 6.07) is 6.39. The predicted molar refractivity (Wildman–Crippen MR) is 80.3 cm³/mol. The first kappa shape index (κ1) is 14.9. The number of nitrogens with zero attached hydrogens (tertiary/aromatic N) is 1. The van der Waals surface area contributed by atoms with Crippen molar-refractivity contribution in [1.82, 2.24) is 10.3 Å². The van der Waals surface area contributed by atoms with E-state index in [4.69, 9.17) is 10.8 Å². The molecule has 2 aromatic rings. The molecule has 0 atom stereocenters. The summed E-state index contributed by atoms with van der Waals surface area (Å²) in [5.41, 5.74) is 6.71. The van der Waals surface area contributed by atoms with Crippen molar-refractivity contribution in [2.75, 3.05) is 24.2 Å². The molecule has 1 aromatic heterocycles. The Morgan fingerprint density at radius 1 is 1.24 bits per heavy atom. The minimum atomic E-state index is -0.361. The van der Waals surface area contributed by atoms with Gasteiger partial charge in [0.2, 0.25) is 0 Å². The van der Waals surface area contributed by atoms with Gasteiger partial charge < -0.3 is 21.5 Å². The number of benzene rings is 1. The second-order valence-electron chi connectivity index (χ2n) is 4.08. The molecule has 0 saturated heterocycles. The van der Waals surface area contributed by atoms with Crippen LogP contribution in [-0.4, -0.2) is 35.1 Å². The van der Waals surface area contributed by atoms with Crippen molar-refractivity contribution in [3.8, 4) is 0 Å². The lowest BCUT2D eigenvalue weighted by Gasteiger charge is -2.06. The number of anilines is 2. The fraction of sp³-hybridized carbons (Fsp3) is 0.154. The Labute approximate surface area is 124 Å². The monoisotopic (exact) mass is 306 g/mol. The Morgan fingerprint density at radius 3 is 2.52 bits per heavy atom. The Morgan fingerprint density at radius 2 is 1.95 bits per heavy atom. The molecule has 0 saturated carbocycles. The molecule has 2 amide bonds. The number of aromatic nitrogens is 1. The van der Waals surface area contributed by atoms with Gasteiger partial charge in [0.25, 0.3) is 11.8 Å². The summed E-state index contributed by atoms with van der Waals surface area (Å²) in [6.07, 6.45) is 0. The van der Waals surface area contributed by atoms with Crippen LogP contribution in [0.2, 0.25) is 0 Å². The number of hydrogen-bond acceptors (Lipinski definition) is 6. The van der Waals surface area contributed by atoms with Crippen LogP contribution in [0.25, 0.3) is 0 Å². The Balaban J connectivity index is 1.99. The van der Waals surface area contributed by atoms with Crippen LogP contribution in [0.1, 0.15) is 20.8 Å². The van der Waals surface area contributed by atoms with Gasteiger partial charge in [0.15, 0.2) is 5.13 Å². The molecule has 8 heteroatoms. The van der Waals surface area contributed by atoms with E-state index in [1.54, 1.807) is 29.6 Å². The highest BCUT2D eigenvalue weighted by Gasteiger charge is 2.10. The molecule has 1 heterocycles. The van der Waals surface area contributed by atoms with Crippen LogP contribution < -0.4 is 16.4 Å². The molecule has 0 aliphatic rings. The van der Waals surface area contributed by atoms with Gasteiger partial charge in [-0.15, -0.1) is 11.3 Å². The van der Waals surface area contributed by atoms with Crippen molar-refractivity contribution in [3.05, 3.63) is 40.9 Å². The average Bonchev–Trinajstić information content (AvgIpc) is 2.92. The van der Waals surface area contributed by atoms with Crippen molar-refractivity contribution in [2.24, 2.45) is 0 Å². The maximum absolute atomic E-state index is 11.9. The first-order valence-corrected chi connectivity index (χ1v) is 6.99. The molecule has 0 fully saturated rings. The molecule has 2 rings (SSSR count). The molecule has 5 N–H and O–H groups in total. The van der Waals surface area contributed by atoms with Gasteiger partial charge in [0.1, 0.15) is 5.69 Å². The van der Waals surface area contributed by atoms with Gasteiger partial charge in [-0.2, -0.15) is 0 Å². The number of aliphatic hydroxyl groups excluding tert-OH is 1. The van der Waals surface area contributed by atoms with E-state index in [1.165, 1.54) is 11.3 Å². The molecule has 0 aliphatic heterocycles. The number of nitrogens with one attached hydrogen (secondary N) is 2. The third kappa shape index (κ3) is 4.01. The first-order valence-electron chi connectivity index (χ1n) is 6.11. The zero-order valence-corrected chi connectivity index (χ0v) is 11.8. The lowest BCUT2D eigenvalue weighted by atomic mass is 10.2. The van der Waals surface area contributed by atoms with Crippen molar-refractivity contribution < 1.29 is 14.7 Å². The Bertz CT molecular complexity index is 639. The maximum atomic E-state index is 11.9. The van der Waals surface area contributed by atoms with E-state index in [-0.39, 0.29) is 30.7 Å². The standard InChI is InChI=1S/C13H14N4O3S/c14-13-17-10(7-21-13)12(20)16-9-3-1-8(2-4-9)11(19)15-5-6-18/h1-4,7,18H,5-6H2,(H2,14,17)(H,15,19)(H,16,20). The minimum Gasteiger partial charge on any atom is -0.395 e. The smallest absolute Gasteiger partial charge is 0.275 e. The number of thiazole rings is 1. The van der Waals surface area contributed by atoms with Crippen LogP contribution in [0.3, 0.4) is 0 Å². The van der Waals surface area contributed by atoms with Crippen LogP contribution in [0.4, 0.5) is 10.8 Å². The molecule has 21 heavy (non-hydrogen) atoms. The molecule has 0 spiro atoms. The molecule has 7 nitrogen and oxygen atoms in total. The van der Waals surface area contributed by atoms with Gasteiger partial charge in [-0.05, 0) is 24.3 Å². The number of hydrogen-bond donors (Lipinski definition) is 4. The number of carbonyl (C=O) groups is 2. The molecule has 1 aromatic carbocycles. The Kier molecular flexibility index (Phi) is 4.85. The summed E-state index contributed by atoms with van der Waals surface area (Å²) in [5.74, 6) is -0.644. The fourth-order valence-electron chi connectivity index (χ4n) is 1.56. The van der Waals surface area contributed by atoms with E-state index in [1.807, 2.05) is 0 Å². The zero-order valence-electron chi connectivity index (χ0n) is 11.0.